The monoisotopic (exact) mass is 329 g/mol. The van der Waals surface area contributed by atoms with E-state index in [2.05, 4.69) is 24.1 Å². The van der Waals surface area contributed by atoms with Crippen LogP contribution < -0.4 is 5.32 Å². The van der Waals surface area contributed by atoms with E-state index in [4.69, 9.17) is 11.6 Å². The molecule has 116 valence electrons. The van der Waals surface area contributed by atoms with E-state index in [1.54, 1.807) is 28.9 Å². The lowest BCUT2D eigenvalue weighted by molar-refractivity contribution is -0.125. The number of thioether (sulfide) groups is 1. The Kier molecular flexibility index (Phi) is 5.22. The standard InChI is InChI=1S/C14H20ClN3O2S/c1-8(2)9(3)17-13(19)12-6-21-7-18(12)14(20)11-4-10(15)5-16-11/h4-5,8-9,12,16H,6-7H2,1-3H3,(H,17,19). The van der Waals surface area contributed by atoms with Gasteiger partial charge in [0.05, 0.1) is 10.9 Å². The Bertz CT molecular complexity index is 532. The second kappa shape index (κ2) is 6.75. The number of hydrogen-bond donors (Lipinski definition) is 2. The number of hydrogen-bond acceptors (Lipinski definition) is 3. The van der Waals surface area contributed by atoms with Gasteiger partial charge in [-0.25, -0.2) is 0 Å². The fourth-order valence-electron chi connectivity index (χ4n) is 1.99. The molecule has 1 fully saturated rings. The van der Waals surface area contributed by atoms with Gasteiger partial charge in [0.15, 0.2) is 0 Å². The predicted octanol–water partition coefficient (Wildman–Crippen LogP) is 2.34. The number of halogens is 1. The first-order valence-corrected chi connectivity index (χ1v) is 8.46. The third-order valence-electron chi connectivity index (χ3n) is 3.69. The third kappa shape index (κ3) is 3.74. The third-order valence-corrected chi connectivity index (χ3v) is 4.92. The minimum absolute atomic E-state index is 0.0833. The van der Waals surface area contributed by atoms with Crippen LogP contribution in [-0.2, 0) is 4.79 Å². The molecule has 1 aliphatic rings. The molecule has 0 aromatic carbocycles. The maximum Gasteiger partial charge on any atom is 0.271 e. The molecule has 2 amide bonds. The van der Waals surface area contributed by atoms with Gasteiger partial charge in [0.2, 0.25) is 5.91 Å². The Morgan fingerprint density at radius 1 is 1.48 bits per heavy atom. The van der Waals surface area contributed by atoms with Crippen LogP contribution in [0.2, 0.25) is 5.02 Å². The van der Waals surface area contributed by atoms with Crippen molar-refractivity contribution in [2.75, 3.05) is 11.6 Å². The van der Waals surface area contributed by atoms with Crippen molar-refractivity contribution in [3.8, 4) is 0 Å². The first kappa shape index (κ1) is 16.2. The largest absolute Gasteiger partial charge is 0.356 e. The van der Waals surface area contributed by atoms with Gasteiger partial charge in [-0.15, -0.1) is 11.8 Å². The van der Waals surface area contributed by atoms with Crippen molar-refractivity contribution in [2.24, 2.45) is 5.92 Å². The second-order valence-corrected chi connectivity index (χ2v) is 7.00. The highest BCUT2D eigenvalue weighted by molar-refractivity contribution is 7.99. The molecule has 0 spiro atoms. The van der Waals surface area contributed by atoms with Crippen molar-refractivity contribution in [3.05, 3.63) is 23.0 Å². The van der Waals surface area contributed by atoms with Gasteiger partial charge in [-0.1, -0.05) is 25.4 Å². The summed E-state index contributed by atoms with van der Waals surface area (Å²) in [6.45, 7) is 6.08. The van der Waals surface area contributed by atoms with E-state index in [0.29, 0.717) is 28.3 Å². The van der Waals surface area contributed by atoms with Crippen LogP contribution in [0.25, 0.3) is 0 Å². The number of aromatic amines is 1. The number of rotatable bonds is 4. The van der Waals surface area contributed by atoms with Gasteiger partial charge in [-0.2, -0.15) is 0 Å². The lowest BCUT2D eigenvalue weighted by Gasteiger charge is -2.25. The molecule has 0 aliphatic carbocycles. The number of amides is 2. The van der Waals surface area contributed by atoms with Crippen molar-refractivity contribution in [2.45, 2.75) is 32.9 Å². The molecule has 2 N–H and O–H groups in total. The van der Waals surface area contributed by atoms with E-state index < -0.39 is 6.04 Å². The number of nitrogens with one attached hydrogen (secondary N) is 2. The van der Waals surface area contributed by atoms with Gasteiger partial charge >= 0.3 is 0 Å². The quantitative estimate of drug-likeness (QED) is 0.891. The van der Waals surface area contributed by atoms with E-state index in [-0.39, 0.29) is 17.9 Å². The summed E-state index contributed by atoms with van der Waals surface area (Å²) < 4.78 is 0. The van der Waals surface area contributed by atoms with Crippen LogP contribution in [0.4, 0.5) is 0 Å². The van der Waals surface area contributed by atoms with Crippen molar-refractivity contribution in [1.82, 2.24) is 15.2 Å². The van der Waals surface area contributed by atoms with Crippen molar-refractivity contribution in [1.29, 1.82) is 0 Å². The van der Waals surface area contributed by atoms with Gasteiger partial charge in [0.1, 0.15) is 11.7 Å². The smallest absolute Gasteiger partial charge is 0.271 e. The highest BCUT2D eigenvalue weighted by Gasteiger charge is 2.36. The number of nitrogens with zero attached hydrogens (tertiary/aromatic N) is 1. The molecule has 0 radical (unpaired) electrons. The fourth-order valence-corrected chi connectivity index (χ4v) is 3.31. The van der Waals surface area contributed by atoms with Crippen LogP contribution in [0.5, 0.6) is 0 Å². The molecular weight excluding hydrogens is 310 g/mol. The zero-order valence-corrected chi connectivity index (χ0v) is 13.9. The van der Waals surface area contributed by atoms with Gasteiger partial charge in [-0.3, -0.25) is 9.59 Å². The molecule has 21 heavy (non-hydrogen) atoms. The van der Waals surface area contributed by atoms with E-state index >= 15 is 0 Å². The molecule has 1 aliphatic heterocycles. The molecule has 2 unspecified atom stereocenters. The summed E-state index contributed by atoms with van der Waals surface area (Å²) in [5, 5.41) is 3.47. The molecule has 1 saturated heterocycles. The first-order valence-electron chi connectivity index (χ1n) is 6.93. The highest BCUT2D eigenvalue weighted by Crippen LogP contribution is 2.24. The number of aromatic nitrogens is 1. The highest BCUT2D eigenvalue weighted by atomic mass is 35.5. The summed E-state index contributed by atoms with van der Waals surface area (Å²) in [6, 6.07) is 1.24. The maximum atomic E-state index is 12.4. The van der Waals surface area contributed by atoms with Crippen LogP contribution in [-0.4, -0.2) is 45.4 Å². The van der Waals surface area contributed by atoms with E-state index in [1.165, 1.54) is 0 Å². The molecule has 2 atom stereocenters. The summed E-state index contributed by atoms with van der Waals surface area (Å²) in [4.78, 5) is 29.2. The van der Waals surface area contributed by atoms with E-state index in [9.17, 15) is 9.59 Å². The molecular formula is C14H20ClN3O2S. The average Bonchev–Trinajstić information content (AvgIpc) is 3.06. The minimum Gasteiger partial charge on any atom is -0.356 e. The first-order chi connectivity index (χ1) is 9.90. The Morgan fingerprint density at radius 3 is 2.76 bits per heavy atom. The van der Waals surface area contributed by atoms with Crippen molar-refractivity contribution in [3.63, 3.8) is 0 Å². The Morgan fingerprint density at radius 2 is 2.19 bits per heavy atom. The molecule has 1 aromatic heterocycles. The summed E-state index contributed by atoms with van der Waals surface area (Å²) in [5.74, 6) is 1.21. The topological polar surface area (TPSA) is 65.2 Å². The van der Waals surface area contributed by atoms with Gasteiger partial charge in [0.25, 0.3) is 5.91 Å². The molecule has 7 heteroatoms. The SMILES string of the molecule is CC(C)C(C)NC(=O)C1CSCN1C(=O)c1cc(Cl)c[nH]1. The van der Waals surface area contributed by atoms with Gasteiger partial charge in [-0.05, 0) is 18.9 Å². The number of carbonyl (C=O) groups is 2. The average molecular weight is 330 g/mol. The summed E-state index contributed by atoms with van der Waals surface area (Å²) in [5.41, 5.74) is 0.414. The lowest BCUT2D eigenvalue weighted by Crippen LogP contribution is -2.50. The van der Waals surface area contributed by atoms with Crippen molar-refractivity contribution < 1.29 is 9.59 Å². The fraction of sp³-hybridized carbons (Fsp3) is 0.571. The van der Waals surface area contributed by atoms with Crippen LogP contribution in [0.1, 0.15) is 31.3 Å². The summed E-state index contributed by atoms with van der Waals surface area (Å²) in [6.07, 6.45) is 1.56. The van der Waals surface area contributed by atoms with Crippen LogP contribution >= 0.6 is 23.4 Å². The number of H-pyrrole nitrogens is 1. The zero-order valence-electron chi connectivity index (χ0n) is 12.4. The van der Waals surface area contributed by atoms with Gasteiger partial charge < -0.3 is 15.2 Å². The van der Waals surface area contributed by atoms with Crippen molar-refractivity contribution >= 4 is 35.2 Å². The predicted molar refractivity (Wildman–Crippen MR) is 85.5 cm³/mol. The Labute approximate surface area is 133 Å². The maximum absolute atomic E-state index is 12.4. The zero-order chi connectivity index (χ0) is 15.6. The Balaban J connectivity index is 2.06. The number of carbonyl (C=O) groups excluding carboxylic acids is 2. The van der Waals surface area contributed by atoms with Crippen LogP contribution in [0.3, 0.4) is 0 Å². The molecule has 2 rings (SSSR count). The molecule has 0 bridgehead atoms. The Hall–Kier alpha value is -1.14. The van der Waals surface area contributed by atoms with Gasteiger partial charge in [0, 0.05) is 18.0 Å². The summed E-state index contributed by atoms with van der Waals surface area (Å²) in [7, 11) is 0. The van der Waals surface area contributed by atoms with Crippen LogP contribution in [0.15, 0.2) is 12.3 Å². The lowest BCUT2D eigenvalue weighted by atomic mass is 10.1. The molecule has 0 saturated carbocycles. The summed E-state index contributed by atoms with van der Waals surface area (Å²) >= 11 is 7.41. The minimum atomic E-state index is -0.425. The second-order valence-electron chi connectivity index (χ2n) is 5.56. The normalized spacial score (nSPS) is 19.9. The molecule has 1 aromatic rings. The van der Waals surface area contributed by atoms with E-state index in [0.717, 1.165) is 0 Å². The molecule has 2 heterocycles. The van der Waals surface area contributed by atoms with E-state index in [1.807, 2.05) is 6.92 Å². The van der Waals surface area contributed by atoms with Crippen LogP contribution in [0, 0.1) is 5.92 Å². The molecule has 5 nitrogen and oxygen atoms in total.